The SMILES string of the molecule is CCS(=O)(=O)NC(=O)CC(C)CN. The molecule has 0 spiro atoms. The summed E-state index contributed by atoms with van der Waals surface area (Å²) in [6.07, 6.45) is 0.149. The lowest BCUT2D eigenvalue weighted by Crippen LogP contribution is -2.33. The minimum atomic E-state index is -3.41. The van der Waals surface area contributed by atoms with Crippen molar-refractivity contribution >= 4 is 15.9 Å². The first-order chi connectivity index (χ1) is 5.91. The predicted molar refractivity (Wildman–Crippen MR) is 50.4 cm³/mol. The summed E-state index contributed by atoms with van der Waals surface area (Å²) in [5.41, 5.74) is 5.29. The van der Waals surface area contributed by atoms with Crippen LogP contribution in [-0.4, -0.2) is 26.6 Å². The molecule has 0 rings (SSSR count). The van der Waals surface area contributed by atoms with Crippen LogP contribution in [-0.2, 0) is 14.8 Å². The zero-order chi connectivity index (χ0) is 10.5. The Balaban J connectivity index is 4.03. The molecule has 0 aliphatic rings. The maximum atomic E-state index is 11.0. The summed E-state index contributed by atoms with van der Waals surface area (Å²) in [6.45, 7) is 3.64. The van der Waals surface area contributed by atoms with Gasteiger partial charge in [0.05, 0.1) is 5.75 Å². The van der Waals surface area contributed by atoms with Gasteiger partial charge in [0.25, 0.3) is 0 Å². The maximum Gasteiger partial charge on any atom is 0.234 e. The minimum Gasteiger partial charge on any atom is -0.330 e. The summed E-state index contributed by atoms with van der Waals surface area (Å²) in [4.78, 5) is 11.0. The van der Waals surface area contributed by atoms with Gasteiger partial charge < -0.3 is 5.73 Å². The van der Waals surface area contributed by atoms with E-state index in [1.165, 1.54) is 6.92 Å². The van der Waals surface area contributed by atoms with E-state index in [2.05, 4.69) is 0 Å². The van der Waals surface area contributed by atoms with E-state index in [4.69, 9.17) is 5.73 Å². The molecule has 0 heterocycles. The average Bonchev–Trinajstić information content (AvgIpc) is 2.03. The van der Waals surface area contributed by atoms with Crippen LogP contribution in [0.5, 0.6) is 0 Å². The van der Waals surface area contributed by atoms with Crippen molar-refractivity contribution in [2.24, 2.45) is 11.7 Å². The van der Waals surface area contributed by atoms with Gasteiger partial charge in [-0.05, 0) is 19.4 Å². The zero-order valence-corrected chi connectivity index (χ0v) is 8.73. The number of amides is 1. The Hall–Kier alpha value is -0.620. The largest absolute Gasteiger partial charge is 0.330 e. The normalized spacial score (nSPS) is 13.8. The zero-order valence-electron chi connectivity index (χ0n) is 7.91. The lowest BCUT2D eigenvalue weighted by Gasteiger charge is -2.08. The van der Waals surface area contributed by atoms with E-state index < -0.39 is 15.9 Å². The second kappa shape index (κ2) is 5.18. The number of sulfonamides is 1. The van der Waals surface area contributed by atoms with Crippen LogP contribution in [0.15, 0.2) is 0 Å². The van der Waals surface area contributed by atoms with Crippen molar-refractivity contribution in [1.29, 1.82) is 0 Å². The van der Waals surface area contributed by atoms with Gasteiger partial charge in [0.2, 0.25) is 15.9 Å². The van der Waals surface area contributed by atoms with E-state index in [1.54, 1.807) is 6.92 Å². The molecular weight excluding hydrogens is 192 g/mol. The molecule has 0 bridgehead atoms. The highest BCUT2D eigenvalue weighted by molar-refractivity contribution is 7.90. The molecule has 6 heteroatoms. The Morgan fingerprint density at radius 3 is 2.46 bits per heavy atom. The molecule has 0 fully saturated rings. The highest BCUT2D eigenvalue weighted by atomic mass is 32.2. The van der Waals surface area contributed by atoms with E-state index in [0.717, 1.165) is 0 Å². The first kappa shape index (κ1) is 12.4. The van der Waals surface area contributed by atoms with Crippen LogP contribution in [0.2, 0.25) is 0 Å². The molecule has 0 aliphatic heterocycles. The summed E-state index contributed by atoms with van der Waals surface area (Å²) in [5.74, 6) is -0.567. The highest BCUT2D eigenvalue weighted by Gasteiger charge is 2.13. The van der Waals surface area contributed by atoms with Gasteiger partial charge in [-0.3, -0.25) is 9.52 Å². The summed E-state index contributed by atoms with van der Waals surface area (Å²) in [5, 5.41) is 0. The fourth-order valence-corrected chi connectivity index (χ4v) is 1.26. The Bertz CT molecular complexity index is 261. The second-order valence-corrected chi connectivity index (χ2v) is 4.98. The number of rotatable bonds is 5. The van der Waals surface area contributed by atoms with Gasteiger partial charge in [-0.2, -0.15) is 0 Å². The van der Waals surface area contributed by atoms with E-state index in [1.807, 2.05) is 4.72 Å². The number of carbonyl (C=O) groups excluding carboxylic acids is 1. The van der Waals surface area contributed by atoms with Crippen molar-refractivity contribution in [3.8, 4) is 0 Å². The van der Waals surface area contributed by atoms with Crippen LogP contribution in [0.25, 0.3) is 0 Å². The first-order valence-corrected chi connectivity index (χ1v) is 5.80. The number of hydrogen-bond acceptors (Lipinski definition) is 4. The topological polar surface area (TPSA) is 89.3 Å². The predicted octanol–water partition coefficient (Wildman–Crippen LogP) is -0.563. The van der Waals surface area contributed by atoms with Gasteiger partial charge in [0, 0.05) is 6.42 Å². The van der Waals surface area contributed by atoms with Gasteiger partial charge >= 0.3 is 0 Å². The standard InChI is InChI=1S/C7H16N2O3S/c1-3-13(11,12)9-7(10)4-6(2)5-8/h6H,3-5,8H2,1-2H3,(H,9,10). The monoisotopic (exact) mass is 208 g/mol. The van der Waals surface area contributed by atoms with Crippen LogP contribution in [0.4, 0.5) is 0 Å². The molecular formula is C7H16N2O3S. The van der Waals surface area contributed by atoms with Gasteiger partial charge in [-0.1, -0.05) is 6.92 Å². The summed E-state index contributed by atoms with van der Waals surface area (Å²) < 4.78 is 23.8. The smallest absolute Gasteiger partial charge is 0.234 e. The molecule has 5 nitrogen and oxygen atoms in total. The molecule has 0 aromatic heterocycles. The van der Waals surface area contributed by atoms with Crippen LogP contribution in [0.3, 0.4) is 0 Å². The Kier molecular flexibility index (Phi) is 4.94. The fourth-order valence-electron chi connectivity index (χ4n) is 0.687. The van der Waals surface area contributed by atoms with E-state index in [9.17, 15) is 13.2 Å². The minimum absolute atomic E-state index is 0.00653. The molecule has 1 amide bonds. The second-order valence-electron chi connectivity index (χ2n) is 2.97. The summed E-state index contributed by atoms with van der Waals surface area (Å²) in [7, 11) is -3.41. The quantitative estimate of drug-likeness (QED) is 0.633. The summed E-state index contributed by atoms with van der Waals surface area (Å²) in [6, 6.07) is 0. The molecule has 1 unspecified atom stereocenters. The third kappa shape index (κ3) is 5.59. The highest BCUT2D eigenvalue weighted by Crippen LogP contribution is 1.98. The first-order valence-electron chi connectivity index (χ1n) is 4.14. The van der Waals surface area contributed by atoms with Gasteiger partial charge in [0.15, 0.2) is 0 Å². The van der Waals surface area contributed by atoms with Gasteiger partial charge in [-0.15, -0.1) is 0 Å². The molecule has 0 saturated carbocycles. The molecule has 0 aromatic carbocycles. The van der Waals surface area contributed by atoms with Crippen molar-refractivity contribution in [2.45, 2.75) is 20.3 Å². The number of nitrogens with one attached hydrogen (secondary N) is 1. The van der Waals surface area contributed by atoms with Crippen LogP contribution in [0, 0.1) is 5.92 Å². The number of hydrogen-bond donors (Lipinski definition) is 2. The van der Waals surface area contributed by atoms with Crippen molar-refractivity contribution in [2.75, 3.05) is 12.3 Å². The molecule has 78 valence electrons. The molecule has 0 aromatic rings. The third-order valence-electron chi connectivity index (χ3n) is 1.59. The Labute approximate surface area is 78.7 Å². The Morgan fingerprint density at radius 1 is 1.54 bits per heavy atom. The molecule has 0 aliphatic carbocycles. The molecule has 1 atom stereocenters. The van der Waals surface area contributed by atoms with E-state index in [-0.39, 0.29) is 18.1 Å². The van der Waals surface area contributed by atoms with Gasteiger partial charge in [0.1, 0.15) is 0 Å². The average molecular weight is 208 g/mol. The lowest BCUT2D eigenvalue weighted by atomic mass is 10.1. The van der Waals surface area contributed by atoms with Crippen LogP contribution < -0.4 is 10.5 Å². The van der Waals surface area contributed by atoms with Crippen molar-refractivity contribution in [3.05, 3.63) is 0 Å². The maximum absolute atomic E-state index is 11.0. The van der Waals surface area contributed by atoms with E-state index in [0.29, 0.717) is 6.54 Å². The number of carbonyl (C=O) groups is 1. The number of nitrogens with two attached hydrogens (primary N) is 1. The molecule has 0 saturated heterocycles. The van der Waals surface area contributed by atoms with Crippen LogP contribution >= 0.6 is 0 Å². The lowest BCUT2D eigenvalue weighted by molar-refractivity contribution is -0.120. The van der Waals surface area contributed by atoms with Crippen molar-refractivity contribution in [1.82, 2.24) is 4.72 Å². The van der Waals surface area contributed by atoms with Crippen LogP contribution in [0.1, 0.15) is 20.3 Å². The molecule has 3 N–H and O–H groups in total. The van der Waals surface area contributed by atoms with E-state index >= 15 is 0 Å². The van der Waals surface area contributed by atoms with Crippen molar-refractivity contribution in [3.63, 3.8) is 0 Å². The third-order valence-corrected chi connectivity index (χ3v) is 2.88. The fraction of sp³-hybridized carbons (Fsp3) is 0.857. The molecule has 0 radical (unpaired) electrons. The van der Waals surface area contributed by atoms with Crippen molar-refractivity contribution < 1.29 is 13.2 Å². The summed E-state index contributed by atoms with van der Waals surface area (Å²) >= 11 is 0. The molecule has 13 heavy (non-hydrogen) atoms. The van der Waals surface area contributed by atoms with Gasteiger partial charge in [-0.25, -0.2) is 8.42 Å². The Morgan fingerprint density at radius 2 is 2.08 bits per heavy atom.